The molecule has 1 aromatic rings. The van der Waals surface area contributed by atoms with E-state index in [1.54, 1.807) is 6.20 Å². The van der Waals surface area contributed by atoms with Gasteiger partial charge in [0.05, 0.1) is 11.1 Å². The van der Waals surface area contributed by atoms with Gasteiger partial charge < -0.3 is 5.73 Å². The number of nitrogens with two attached hydrogens (primary N) is 1. The third-order valence-electron chi connectivity index (χ3n) is 3.40. The molecule has 0 bridgehead atoms. The summed E-state index contributed by atoms with van der Waals surface area (Å²) < 4.78 is 0.923. The topological polar surface area (TPSA) is 56.0 Å². The van der Waals surface area contributed by atoms with Gasteiger partial charge in [0, 0.05) is 10.7 Å². The van der Waals surface area contributed by atoms with E-state index < -0.39 is 5.41 Å². The van der Waals surface area contributed by atoms with Gasteiger partial charge in [0.25, 0.3) is 0 Å². The van der Waals surface area contributed by atoms with E-state index in [2.05, 4.69) is 20.9 Å². The normalized spacial score (nSPS) is 19.3. The van der Waals surface area contributed by atoms with Gasteiger partial charge in [-0.3, -0.25) is 9.78 Å². The SMILES string of the molecule is NC(=O)C1(c2ccc(Br)cn2)CCCCC1. The molecule has 0 aromatic carbocycles. The highest BCUT2D eigenvalue weighted by molar-refractivity contribution is 9.10. The summed E-state index contributed by atoms with van der Waals surface area (Å²) in [5.74, 6) is -0.234. The molecular weight excluding hydrogens is 268 g/mol. The molecule has 86 valence electrons. The number of halogens is 1. The van der Waals surface area contributed by atoms with Crippen LogP contribution in [0, 0.1) is 0 Å². The van der Waals surface area contributed by atoms with Crippen LogP contribution in [0.2, 0.25) is 0 Å². The van der Waals surface area contributed by atoms with E-state index in [9.17, 15) is 4.79 Å². The van der Waals surface area contributed by atoms with Gasteiger partial charge in [0.2, 0.25) is 5.91 Å². The van der Waals surface area contributed by atoms with Crippen molar-refractivity contribution in [3.05, 3.63) is 28.5 Å². The second-order valence-electron chi connectivity index (χ2n) is 4.37. The van der Waals surface area contributed by atoms with Gasteiger partial charge in [-0.15, -0.1) is 0 Å². The van der Waals surface area contributed by atoms with Crippen molar-refractivity contribution in [3.8, 4) is 0 Å². The first-order valence-electron chi connectivity index (χ1n) is 5.57. The Labute approximate surface area is 104 Å². The first kappa shape index (κ1) is 11.6. The molecule has 3 nitrogen and oxygen atoms in total. The number of pyridine rings is 1. The van der Waals surface area contributed by atoms with Crippen molar-refractivity contribution in [1.29, 1.82) is 0 Å². The van der Waals surface area contributed by atoms with Crippen molar-refractivity contribution in [2.75, 3.05) is 0 Å². The molecule has 2 N–H and O–H groups in total. The average Bonchev–Trinajstić information content (AvgIpc) is 2.30. The van der Waals surface area contributed by atoms with Crippen molar-refractivity contribution in [2.24, 2.45) is 5.73 Å². The molecule has 0 spiro atoms. The van der Waals surface area contributed by atoms with Gasteiger partial charge in [0.1, 0.15) is 0 Å². The fraction of sp³-hybridized carbons (Fsp3) is 0.500. The lowest BCUT2D eigenvalue weighted by Gasteiger charge is -2.33. The van der Waals surface area contributed by atoms with E-state index in [4.69, 9.17) is 5.73 Å². The molecule has 0 radical (unpaired) electrons. The highest BCUT2D eigenvalue weighted by Crippen LogP contribution is 2.38. The Morgan fingerprint density at radius 1 is 1.31 bits per heavy atom. The minimum Gasteiger partial charge on any atom is -0.369 e. The zero-order valence-corrected chi connectivity index (χ0v) is 10.7. The Morgan fingerprint density at radius 3 is 2.50 bits per heavy atom. The number of carbonyl (C=O) groups excluding carboxylic acids is 1. The van der Waals surface area contributed by atoms with Gasteiger partial charge in [-0.05, 0) is 40.9 Å². The van der Waals surface area contributed by atoms with E-state index >= 15 is 0 Å². The molecule has 1 heterocycles. The number of primary amides is 1. The number of nitrogens with zero attached hydrogens (tertiary/aromatic N) is 1. The summed E-state index contributed by atoms with van der Waals surface area (Å²) >= 11 is 3.35. The molecule has 1 saturated carbocycles. The monoisotopic (exact) mass is 282 g/mol. The van der Waals surface area contributed by atoms with Crippen molar-refractivity contribution in [1.82, 2.24) is 4.98 Å². The van der Waals surface area contributed by atoms with Crippen LogP contribution in [0.5, 0.6) is 0 Å². The summed E-state index contributed by atoms with van der Waals surface area (Å²) in [5.41, 5.74) is 5.87. The minimum atomic E-state index is -0.529. The average molecular weight is 283 g/mol. The van der Waals surface area contributed by atoms with Crippen LogP contribution >= 0.6 is 15.9 Å². The van der Waals surface area contributed by atoms with Crippen LogP contribution in [-0.4, -0.2) is 10.9 Å². The number of hydrogen-bond donors (Lipinski definition) is 1. The molecule has 4 heteroatoms. The zero-order chi connectivity index (χ0) is 11.6. The van der Waals surface area contributed by atoms with Crippen molar-refractivity contribution >= 4 is 21.8 Å². The lowest BCUT2D eigenvalue weighted by Crippen LogP contribution is -2.43. The third kappa shape index (κ3) is 1.98. The second-order valence-corrected chi connectivity index (χ2v) is 5.28. The summed E-state index contributed by atoms with van der Waals surface area (Å²) in [5, 5.41) is 0. The lowest BCUT2D eigenvalue weighted by molar-refractivity contribution is -0.124. The standard InChI is InChI=1S/C12H15BrN2O/c13-9-4-5-10(15-8-9)12(11(14)16)6-2-1-3-7-12/h4-5,8H,1-3,6-7H2,(H2,14,16). The molecule has 1 aromatic heterocycles. The molecule has 1 aliphatic rings. The quantitative estimate of drug-likeness (QED) is 0.906. The molecular formula is C12H15BrN2O. The molecule has 1 fully saturated rings. The maximum absolute atomic E-state index is 11.7. The van der Waals surface area contributed by atoms with Gasteiger partial charge in [0.15, 0.2) is 0 Å². The highest BCUT2D eigenvalue weighted by Gasteiger charge is 2.40. The van der Waals surface area contributed by atoms with E-state index in [-0.39, 0.29) is 5.91 Å². The van der Waals surface area contributed by atoms with E-state index in [1.807, 2.05) is 12.1 Å². The fourth-order valence-corrected chi connectivity index (χ4v) is 2.68. The van der Waals surface area contributed by atoms with Crippen molar-refractivity contribution in [2.45, 2.75) is 37.5 Å². The van der Waals surface area contributed by atoms with Crippen LogP contribution in [0.15, 0.2) is 22.8 Å². The number of aromatic nitrogens is 1. The smallest absolute Gasteiger partial charge is 0.229 e. The summed E-state index contributed by atoms with van der Waals surface area (Å²) in [6.45, 7) is 0. The Morgan fingerprint density at radius 2 is 2.00 bits per heavy atom. The Hall–Kier alpha value is -0.900. The maximum atomic E-state index is 11.7. The Bertz CT molecular complexity index is 383. The van der Waals surface area contributed by atoms with Crippen LogP contribution in [0.25, 0.3) is 0 Å². The minimum absolute atomic E-state index is 0.234. The third-order valence-corrected chi connectivity index (χ3v) is 3.87. The Balaban J connectivity index is 2.38. The number of amides is 1. The van der Waals surface area contributed by atoms with Crippen molar-refractivity contribution < 1.29 is 4.79 Å². The van der Waals surface area contributed by atoms with E-state index in [0.717, 1.165) is 35.8 Å². The molecule has 0 saturated heterocycles. The van der Waals surface area contributed by atoms with E-state index in [0.29, 0.717) is 0 Å². The van der Waals surface area contributed by atoms with Crippen molar-refractivity contribution in [3.63, 3.8) is 0 Å². The van der Waals surface area contributed by atoms with Crippen LogP contribution in [-0.2, 0) is 10.2 Å². The number of hydrogen-bond acceptors (Lipinski definition) is 2. The molecule has 0 unspecified atom stereocenters. The van der Waals surface area contributed by atoms with E-state index in [1.165, 1.54) is 6.42 Å². The summed E-state index contributed by atoms with van der Waals surface area (Å²) in [6, 6.07) is 3.82. The predicted octanol–water partition coefficient (Wildman–Crippen LogP) is 2.53. The van der Waals surface area contributed by atoms with Crippen LogP contribution in [0.3, 0.4) is 0 Å². The molecule has 1 aliphatic carbocycles. The summed E-state index contributed by atoms with van der Waals surface area (Å²) in [6.07, 6.45) is 6.69. The van der Waals surface area contributed by atoms with Crippen LogP contribution in [0.4, 0.5) is 0 Å². The largest absolute Gasteiger partial charge is 0.369 e. The predicted molar refractivity (Wildman–Crippen MR) is 65.9 cm³/mol. The first-order chi connectivity index (χ1) is 7.65. The molecule has 2 rings (SSSR count). The first-order valence-corrected chi connectivity index (χ1v) is 6.36. The maximum Gasteiger partial charge on any atom is 0.229 e. The van der Waals surface area contributed by atoms with Crippen LogP contribution < -0.4 is 5.73 Å². The fourth-order valence-electron chi connectivity index (χ4n) is 2.44. The van der Waals surface area contributed by atoms with Gasteiger partial charge in [-0.2, -0.15) is 0 Å². The molecule has 16 heavy (non-hydrogen) atoms. The van der Waals surface area contributed by atoms with Gasteiger partial charge in [-0.1, -0.05) is 19.3 Å². The molecule has 0 aliphatic heterocycles. The molecule has 0 atom stereocenters. The summed E-state index contributed by atoms with van der Waals surface area (Å²) in [7, 11) is 0. The van der Waals surface area contributed by atoms with Gasteiger partial charge in [-0.25, -0.2) is 0 Å². The van der Waals surface area contributed by atoms with Crippen LogP contribution in [0.1, 0.15) is 37.8 Å². The zero-order valence-electron chi connectivity index (χ0n) is 9.08. The number of rotatable bonds is 2. The van der Waals surface area contributed by atoms with Gasteiger partial charge >= 0.3 is 0 Å². The second kappa shape index (κ2) is 4.53. The summed E-state index contributed by atoms with van der Waals surface area (Å²) in [4.78, 5) is 16.1. The lowest BCUT2D eigenvalue weighted by atomic mass is 9.71. The highest BCUT2D eigenvalue weighted by atomic mass is 79.9. The molecule has 1 amide bonds. The Kier molecular flexibility index (Phi) is 3.28. The number of carbonyl (C=O) groups is 1.